The van der Waals surface area contributed by atoms with Crippen LogP contribution in [0.2, 0.25) is 0 Å². The Bertz CT molecular complexity index is 1970. The fourth-order valence-corrected chi connectivity index (χ4v) is 8.25. The number of carbonyl (C=O) groups is 1. The summed E-state index contributed by atoms with van der Waals surface area (Å²) in [4.78, 5) is 30.6. The molecule has 0 bridgehead atoms. The van der Waals surface area contributed by atoms with Crippen molar-refractivity contribution >= 4 is 48.6 Å². The number of sulfone groups is 1. The first-order valence-electron chi connectivity index (χ1n) is 16.4. The molecule has 256 valence electrons. The zero-order valence-electron chi connectivity index (χ0n) is 27.8. The maximum Gasteiger partial charge on any atom is 0.306 e. The van der Waals surface area contributed by atoms with Gasteiger partial charge in [0, 0.05) is 49.1 Å². The summed E-state index contributed by atoms with van der Waals surface area (Å²) in [6.45, 7) is 8.70. The van der Waals surface area contributed by atoms with Crippen LogP contribution in [0.15, 0.2) is 52.6 Å². The maximum absolute atomic E-state index is 13.1. The molecule has 4 heterocycles. The summed E-state index contributed by atoms with van der Waals surface area (Å²) in [7, 11) is -3.05. The Balaban J connectivity index is 1.35. The minimum absolute atomic E-state index is 0.0168. The van der Waals surface area contributed by atoms with Gasteiger partial charge in [-0.05, 0) is 84.0 Å². The number of fused-ring (bicyclic) bond motifs is 3. The van der Waals surface area contributed by atoms with E-state index in [1.807, 2.05) is 24.9 Å². The first-order valence-corrected chi connectivity index (χ1v) is 19.3. The molecular weight excluding hydrogens is 651 g/mol. The number of hydrazine groups is 2. The maximum atomic E-state index is 13.1. The third-order valence-corrected chi connectivity index (χ3v) is 11.1. The molecule has 1 unspecified atom stereocenters. The van der Waals surface area contributed by atoms with Crippen molar-refractivity contribution in [3.05, 3.63) is 86.1 Å². The quantitative estimate of drug-likeness (QED) is 0.169. The molecule has 2 aliphatic heterocycles. The number of nitrogens with zero attached hydrogens (tertiary/aromatic N) is 2. The highest BCUT2D eigenvalue weighted by atomic mass is 32.2. The molecule has 0 saturated carbocycles. The summed E-state index contributed by atoms with van der Waals surface area (Å²) in [5.41, 5.74) is 13.1. The number of pyridine rings is 1. The first-order chi connectivity index (χ1) is 23.0. The van der Waals surface area contributed by atoms with Gasteiger partial charge < -0.3 is 19.9 Å². The number of anilines is 2. The number of benzene rings is 2. The second-order valence-electron chi connectivity index (χ2n) is 12.6. The molecule has 0 amide bonds. The Morgan fingerprint density at radius 2 is 2.00 bits per heavy atom. The lowest BCUT2D eigenvalue weighted by Crippen LogP contribution is -2.37. The van der Waals surface area contributed by atoms with Crippen LogP contribution in [0, 0.1) is 6.92 Å². The van der Waals surface area contributed by atoms with Crippen LogP contribution < -0.4 is 26.3 Å². The molecule has 6 rings (SSSR count). The third-order valence-electron chi connectivity index (χ3n) is 9.04. The van der Waals surface area contributed by atoms with Crippen molar-refractivity contribution in [1.29, 1.82) is 0 Å². The lowest BCUT2D eigenvalue weighted by Gasteiger charge is -2.25. The lowest BCUT2D eigenvalue weighted by atomic mass is 9.84. The molecule has 4 aromatic rings. The summed E-state index contributed by atoms with van der Waals surface area (Å²) < 4.78 is 36.3. The third kappa shape index (κ3) is 7.54. The van der Waals surface area contributed by atoms with Gasteiger partial charge >= 0.3 is 5.97 Å². The van der Waals surface area contributed by atoms with E-state index in [1.54, 1.807) is 17.4 Å². The van der Waals surface area contributed by atoms with Crippen molar-refractivity contribution in [1.82, 2.24) is 15.4 Å². The van der Waals surface area contributed by atoms with Crippen molar-refractivity contribution in [3.63, 3.8) is 0 Å². The van der Waals surface area contributed by atoms with Gasteiger partial charge in [0.2, 0.25) is 5.56 Å². The van der Waals surface area contributed by atoms with Crippen molar-refractivity contribution in [3.8, 4) is 5.75 Å². The van der Waals surface area contributed by atoms with E-state index in [4.69, 9.17) is 9.47 Å². The molecule has 2 aliphatic rings. The van der Waals surface area contributed by atoms with E-state index >= 15 is 0 Å². The average Bonchev–Trinajstić information content (AvgIpc) is 3.64. The predicted octanol–water partition coefficient (Wildman–Crippen LogP) is 5.24. The number of H-pyrrole nitrogens is 1. The number of hydrogen-bond donors (Lipinski definition) is 3. The van der Waals surface area contributed by atoms with E-state index in [2.05, 4.69) is 57.4 Å². The summed E-state index contributed by atoms with van der Waals surface area (Å²) in [5.74, 6) is 0.295. The molecule has 13 heteroatoms. The Hall–Kier alpha value is -3.91. The number of aromatic amines is 1. The van der Waals surface area contributed by atoms with Crippen molar-refractivity contribution in [2.75, 3.05) is 42.1 Å². The van der Waals surface area contributed by atoms with Crippen LogP contribution in [0.5, 0.6) is 5.75 Å². The molecule has 2 atom stereocenters. The van der Waals surface area contributed by atoms with Gasteiger partial charge in [0.25, 0.3) is 0 Å². The SMILES string of the molecule is CCOC(=O)CC(c1cc(CN2Cc3[nH]c(=O)ccc3O[C@H](CC)C2)c2sccc2c1)c1ccc2c(c1C)NNN2CCCS(C)(=O)=O. The highest BCUT2D eigenvalue weighted by Gasteiger charge is 2.29. The van der Waals surface area contributed by atoms with Gasteiger partial charge in [-0.15, -0.1) is 16.9 Å². The summed E-state index contributed by atoms with van der Waals surface area (Å²) in [6.07, 6.45) is 2.74. The van der Waals surface area contributed by atoms with Crippen LogP contribution in [0.1, 0.15) is 67.0 Å². The second kappa shape index (κ2) is 14.3. The molecule has 2 aromatic heterocycles. The van der Waals surface area contributed by atoms with Crippen LogP contribution in [0.25, 0.3) is 10.1 Å². The van der Waals surface area contributed by atoms with Crippen LogP contribution in [-0.2, 0) is 32.5 Å². The number of rotatable bonds is 12. The number of esters is 1. The van der Waals surface area contributed by atoms with Crippen LogP contribution >= 0.6 is 11.3 Å². The first kappa shape index (κ1) is 34.0. The van der Waals surface area contributed by atoms with Gasteiger partial charge in [-0.3, -0.25) is 19.5 Å². The molecule has 0 spiro atoms. The van der Waals surface area contributed by atoms with Gasteiger partial charge in [-0.1, -0.05) is 19.1 Å². The highest BCUT2D eigenvalue weighted by Crippen LogP contribution is 2.42. The van der Waals surface area contributed by atoms with E-state index < -0.39 is 9.84 Å². The van der Waals surface area contributed by atoms with E-state index in [9.17, 15) is 18.0 Å². The zero-order chi connectivity index (χ0) is 34.0. The van der Waals surface area contributed by atoms with E-state index in [-0.39, 0.29) is 35.7 Å². The molecule has 2 aromatic carbocycles. The average molecular weight is 694 g/mol. The topological polar surface area (TPSA) is 133 Å². The zero-order valence-corrected chi connectivity index (χ0v) is 29.4. The fourth-order valence-electron chi connectivity index (χ4n) is 6.71. The largest absolute Gasteiger partial charge is 0.487 e. The molecule has 0 radical (unpaired) electrons. The number of ether oxygens (including phenoxy) is 2. The van der Waals surface area contributed by atoms with Gasteiger partial charge in [-0.25, -0.2) is 8.42 Å². The van der Waals surface area contributed by atoms with Crippen LogP contribution in [-0.4, -0.2) is 62.1 Å². The number of carbonyl (C=O) groups excluding carboxylic acids is 1. The van der Waals surface area contributed by atoms with Crippen molar-refractivity contribution < 1.29 is 22.7 Å². The predicted molar refractivity (Wildman–Crippen MR) is 190 cm³/mol. The molecular formula is C35H43N5O6S2. The molecule has 0 fully saturated rings. The Labute approximate surface area is 285 Å². The summed E-state index contributed by atoms with van der Waals surface area (Å²) in [5, 5.41) is 5.14. The van der Waals surface area contributed by atoms with E-state index in [0.717, 1.165) is 56.9 Å². The minimum Gasteiger partial charge on any atom is -0.487 e. The summed E-state index contributed by atoms with van der Waals surface area (Å²) in [6, 6.07) is 13.9. The molecule has 3 N–H and O–H groups in total. The fraction of sp³-hybridized carbons (Fsp3) is 0.429. The molecule has 0 saturated heterocycles. The smallest absolute Gasteiger partial charge is 0.306 e. The molecule has 0 aliphatic carbocycles. The normalized spacial score (nSPS) is 16.9. The van der Waals surface area contributed by atoms with Crippen LogP contribution in [0.3, 0.4) is 0 Å². The Kier molecular flexibility index (Phi) is 10.1. The standard InChI is InChI=1S/C35H43N5O6S2/c1-5-26-20-39(21-29-31(46-26)10-11-32(41)36-29)19-25-17-24(16-23-12-14-47-35(23)25)28(18-33(42)45-6-2)27-8-9-30-34(22(27)3)37-38-40(30)13-7-15-48(4,43)44/h8-12,14,16-17,26,28,37-38H,5-7,13,15,18-21H2,1-4H3,(H,36,41)/t26-,28?/m1/s1. The minimum atomic E-state index is -3.05. The highest BCUT2D eigenvalue weighted by molar-refractivity contribution is 7.90. The lowest BCUT2D eigenvalue weighted by molar-refractivity contribution is -0.143. The van der Waals surface area contributed by atoms with E-state index in [0.29, 0.717) is 39.2 Å². The number of nitrogens with one attached hydrogen (secondary N) is 3. The summed E-state index contributed by atoms with van der Waals surface area (Å²) >= 11 is 1.70. The molecule has 48 heavy (non-hydrogen) atoms. The van der Waals surface area contributed by atoms with Gasteiger partial charge in [-0.2, -0.15) is 0 Å². The second-order valence-corrected chi connectivity index (χ2v) is 15.8. The van der Waals surface area contributed by atoms with Crippen molar-refractivity contribution in [2.45, 2.75) is 65.1 Å². The van der Waals surface area contributed by atoms with E-state index in [1.165, 1.54) is 17.0 Å². The number of thiophene rings is 1. The molecule has 11 nitrogen and oxygen atoms in total. The van der Waals surface area contributed by atoms with Crippen LogP contribution in [0.4, 0.5) is 11.4 Å². The van der Waals surface area contributed by atoms with Gasteiger partial charge in [0.05, 0.1) is 35.8 Å². The van der Waals surface area contributed by atoms with Gasteiger partial charge in [0.15, 0.2) is 0 Å². The van der Waals surface area contributed by atoms with Gasteiger partial charge in [0.1, 0.15) is 21.7 Å². The Morgan fingerprint density at radius 3 is 2.77 bits per heavy atom. The number of hydrogen-bond acceptors (Lipinski definition) is 11. The monoisotopic (exact) mass is 693 g/mol. The number of aromatic nitrogens is 1. The van der Waals surface area contributed by atoms with Crippen molar-refractivity contribution in [2.24, 2.45) is 0 Å². The Morgan fingerprint density at radius 1 is 1.17 bits per heavy atom.